The SMILES string of the molecule is O=c1[nH]c2ccc(S(=O)(=O)NCCCn3ccnc3)cc2o1. The Balaban J connectivity index is 1.66. The van der Waals surface area contributed by atoms with Crippen molar-refractivity contribution in [2.45, 2.75) is 17.9 Å². The standard InChI is InChI=1S/C13H14N4O4S/c18-13-16-11-3-2-10(8-12(11)21-13)22(19,20)15-4-1-6-17-7-5-14-9-17/h2-3,5,7-9,15H,1,4,6H2,(H,16,18). The molecule has 2 heterocycles. The molecule has 8 nitrogen and oxygen atoms in total. The zero-order chi connectivity index (χ0) is 15.6. The highest BCUT2D eigenvalue weighted by molar-refractivity contribution is 7.89. The molecule has 0 amide bonds. The van der Waals surface area contributed by atoms with Crippen LogP contribution in [-0.2, 0) is 16.6 Å². The van der Waals surface area contributed by atoms with Gasteiger partial charge in [-0.3, -0.25) is 4.98 Å². The van der Waals surface area contributed by atoms with Crippen molar-refractivity contribution >= 4 is 21.1 Å². The third kappa shape index (κ3) is 3.10. The highest BCUT2D eigenvalue weighted by Gasteiger charge is 2.15. The molecule has 0 fully saturated rings. The van der Waals surface area contributed by atoms with Crippen LogP contribution in [0.2, 0.25) is 0 Å². The number of imidazole rings is 1. The molecule has 2 N–H and O–H groups in total. The Morgan fingerprint density at radius 3 is 3.00 bits per heavy atom. The van der Waals surface area contributed by atoms with E-state index < -0.39 is 15.8 Å². The van der Waals surface area contributed by atoms with Crippen LogP contribution in [0.25, 0.3) is 11.1 Å². The third-order valence-corrected chi connectivity index (χ3v) is 4.61. The molecular weight excluding hydrogens is 308 g/mol. The molecule has 0 atom stereocenters. The quantitative estimate of drug-likeness (QED) is 0.649. The van der Waals surface area contributed by atoms with Gasteiger partial charge in [0.15, 0.2) is 5.58 Å². The lowest BCUT2D eigenvalue weighted by atomic mass is 10.3. The van der Waals surface area contributed by atoms with Crippen LogP contribution in [0.1, 0.15) is 6.42 Å². The van der Waals surface area contributed by atoms with E-state index in [9.17, 15) is 13.2 Å². The Bertz CT molecular complexity index is 925. The number of benzene rings is 1. The fourth-order valence-corrected chi connectivity index (χ4v) is 3.15. The van der Waals surface area contributed by atoms with Crippen molar-refractivity contribution in [3.63, 3.8) is 0 Å². The van der Waals surface area contributed by atoms with E-state index in [2.05, 4.69) is 14.7 Å². The molecule has 1 aromatic carbocycles. The summed E-state index contributed by atoms with van der Waals surface area (Å²) in [5.74, 6) is -0.613. The second-order valence-corrected chi connectivity index (χ2v) is 6.49. The molecule has 0 unspecified atom stereocenters. The molecule has 9 heteroatoms. The lowest BCUT2D eigenvalue weighted by Gasteiger charge is -2.07. The number of H-pyrrole nitrogens is 1. The van der Waals surface area contributed by atoms with Crippen LogP contribution in [0.3, 0.4) is 0 Å². The molecule has 3 rings (SSSR count). The number of oxazole rings is 1. The normalized spacial score (nSPS) is 12.0. The minimum absolute atomic E-state index is 0.0605. The maximum absolute atomic E-state index is 12.2. The number of aromatic amines is 1. The van der Waals surface area contributed by atoms with E-state index in [1.165, 1.54) is 18.2 Å². The van der Waals surface area contributed by atoms with E-state index in [-0.39, 0.29) is 10.5 Å². The smallest absolute Gasteiger partial charge is 0.408 e. The highest BCUT2D eigenvalue weighted by atomic mass is 32.2. The maximum atomic E-state index is 12.2. The number of hydrogen-bond donors (Lipinski definition) is 2. The molecule has 22 heavy (non-hydrogen) atoms. The van der Waals surface area contributed by atoms with Crippen LogP contribution >= 0.6 is 0 Å². The van der Waals surface area contributed by atoms with Crippen molar-refractivity contribution in [1.29, 1.82) is 0 Å². The van der Waals surface area contributed by atoms with Crippen LogP contribution < -0.4 is 10.5 Å². The summed E-state index contributed by atoms with van der Waals surface area (Å²) >= 11 is 0. The van der Waals surface area contributed by atoms with E-state index in [1.54, 1.807) is 12.5 Å². The Morgan fingerprint density at radius 2 is 2.23 bits per heavy atom. The number of aromatic nitrogens is 3. The van der Waals surface area contributed by atoms with Gasteiger partial charge in [0.2, 0.25) is 10.0 Å². The molecular formula is C13H14N4O4S. The molecule has 2 aromatic heterocycles. The van der Waals surface area contributed by atoms with Gasteiger partial charge >= 0.3 is 5.76 Å². The molecule has 0 saturated heterocycles. The summed E-state index contributed by atoms with van der Waals surface area (Å²) in [7, 11) is -3.63. The number of fused-ring (bicyclic) bond motifs is 1. The molecule has 0 radical (unpaired) electrons. The van der Waals surface area contributed by atoms with Crippen LogP contribution in [0.15, 0.2) is 51.0 Å². The fraction of sp³-hybridized carbons (Fsp3) is 0.231. The minimum Gasteiger partial charge on any atom is -0.408 e. The second kappa shape index (κ2) is 5.78. The molecule has 0 aliphatic carbocycles. The van der Waals surface area contributed by atoms with E-state index in [1.807, 2.05) is 10.8 Å². The molecule has 0 bridgehead atoms. The average Bonchev–Trinajstić information content (AvgIpc) is 3.10. The van der Waals surface area contributed by atoms with Gasteiger partial charge < -0.3 is 8.98 Å². The molecule has 116 valence electrons. The molecule has 3 aromatic rings. The molecule has 0 spiro atoms. The summed E-state index contributed by atoms with van der Waals surface area (Å²) in [6.07, 6.45) is 5.80. The Hall–Kier alpha value is -2.39. The minimum atomic E-state index is -3.63. The monoisotopic (exact) mass is 322 g/mol. The zero-order valence-electron chi connectivity index (χ0n) is 11.5. The van der Waals surface area contributed by atoms with Gasteiger partial charge in [-0.05, 0) is 18.6 Å². The lowest BCUT2D eigenvalue weighted by Crippen LogP contribution is -2.25. The van der Waals surface area contributed by atoms with Crippen molar-refractivity contribution in [2.75, 3.05) is 6.54 Å². The summed E-state index contributed by atoms with van der Waals surface area (Å²) in [6.45, 7) is 0.976. The van der Waals surface area contributed by atoms with Crippen molar-refractivity contribution in [2.24, 2.45) is 0 Å². The maximum Gasteiger partial charge on any atom is 0.417 e. The number of hydrogen-bond acceptors (Lipinski definition) is 5. The average molecular weight is 322 g/mol. The fourth-order valence-electron chi connectivity index (χ4n) is 2.06. The third-order valence-electron chi connectivity index (χ3n) is 3.15. The van der Waals surface area contributed by atoms with E-state index in [0.29, 0.717) is 25.0 Å². The van der Waals surface area contributed by atoms with Gasteiger partial charge in [0, 0.05) is 31.5 Å². The van der Waals surface area contributed by atoms with E-state index in [4.69, 9.17) is 4.42 Å². The zero-order valence-corrected chi connectivity index (χ0v) is 12.3. The topological polar surface area (TPSA) is 110 Å². The summed E-state index contributed by atoms with van der Waals surface area (Å²) in [5.41, 5.74) is 0.676. The first-order valence-corrected chi connectivity index (χ1v) is 8.11. The van der Waals surface area contributed by atoms with E-state index >= 15 is 0 Å². The first-order chi connectivity index (χ1) is 10.5. The Kier molecular flexibility index (Phi) is 3.82. The van der Waals surface area contributed by atoms with Crippen LogP contribution in [-0.4, -0.2) is 29.5 Å². The summed E-state index contributed by atoms with van der Waals surface area (Å²) in [5, 5.41) is 0. The van der Waals surface area contributed by atoms with Crippen molar-refractivity contribution in [3.8, 4) is 0 Å². The van der Waals surface area contributed by atoms with Gasteiger partial charge in [0.05, 0.1) is 16.7 Å². The summed E-state index contributed by atoms with van der Waals surface area (Å²) in [4.78, 5) is 17.5. The van der Waals surface area contributed by atoms with Crippen molar-refractivity contribution in [1.82, 2.24) is 19.3 Å². The Morgan fingerprint density at radius 1 is 1.36 bits per heavy atom. The van der Waals surface area contributed by atoms with Crippen molar-refractivity contribution in [3.05, 3.63) is 47.5 Å². The number of nitrogens with one attached hydrogen (secondary N) is 2. The summed E-state index contributed by atoms with van der Waals surface area (Å²) in [6, 6.07) is 4.25. The number of aryl methyl sites for hydroxylation is 1. The van der Waals surface area contributed by atoms with Gasteiger partial charge in [-0.15, -0.1) is 0 Å². The predicted octanol–water partition coefficient (Wildman–Crippen LogP) is 0.686. The van der Waals surface area contributed by atoms with Gasteiger partial charge in [0.1, 0.15) is 0 Å². The first-order valence-electron chi connectivity index (χ1n) is 6.63. The van der Waals surface area contributed by atoms with Crippen LogP contribution in [0, 0.1) is 0 Å². The van der Waals surface area contributed by atoms with Crippen molar-refractivity contribution < 1.29 is 12.8 Å². The molecule has 0 aliphatic rings. The number of nitrogens with zero attached hydrogens (tertiary/aromatic N) is 2. The van der Waals surface area contributed by atoms with Gasteiger partial charge in [-0.25, -0.2) is 22.9 Å². The number of rotatable bonds is 6. The van der Waals surface area contributed by atoms with Crippen LogP contribution in [0.4, 0.5) is 0 Å². The van der Waals surface area contributed by atoms with E-state index in [0.717, 1.165) is 0 Å². The molecule has 0 aliphatic heterocycles. The van der Waals surface area contributed by atoms with Crippen LogP contribution in [0.5, 0.6) is 0 Å². The predicted molar refractivity (Wildman–Crippen MR) is 78.9 cm³/mol. The highest BCUT2D eigenvalue weighted by Crippen LogP contribution is 2.16. The lowest BCUT2D eigenvalue weighted by molar-refractivity contribution is 0.552. The first kappa shape index (κ1) is 14.5. The number of sulfonamides is 1. The Labute approximate surface area is 125 Å². The summed E-state index contributed by atoms with van der Waals surface area (Å²) < 4.78 is 33.6. The van der Waals surface area contributed by atoms with Gasteiger partial charge in [-0.1, -0.05) is 0 Å². The van der Waals surface area contributed by atoms with Gasteiger partial charge in [0.25, 0.3) is 0 Å². The molecule has 0 saturated carbocycles. The van der Waals surface area contributed by atoms with Gasteiger partial charge in [-0.2, -0.15) is 0 Å². The largest absolute Gasteiger partial charge is 0.417 e. The second-order valence-electron chi connectivity index (χ2n) is 4.72.